The van der Waals surface area contributed by atoms with Gasteiger partial charge in [0.15, 0.2) is 0 Å². The van der Waals surface area contributed by atoms with Crippen LogP contribution in [-0.4, -0.2) is 94.6 Å². The first-order chi connectivity index (χ1) is 28.0. The van der Waals surface area contributed by atoms with Gasteiger partial charge in [0.2, 0.25) is 17.8 Å². The van der Waals surface area contributed by atoms with Crippen molar-refractivity contribution in [2.24, 2.45) is 11.8 Å². The van der Waals surface area contributed by atoms with Crippen molar-refractivity contribution in [2.75, 3.05) is 62.6 Å². The van der Waals surface area contributed by atoms with E-state index >= 15 is 0 Å². The minimum atomic E-state index is -4.56. The molecule has 11 nitrogen and oxygen atoms in total. The predicted octanol–water partition coefficient (Wildman–Crippen LogP) is 6.59. The smallest absolute Gasteiger partial charge is 0.396 e. The van der Waals surface area contributed by atoms with E-state index in [1.165, 1.54) is 12.1 Å². The number of imidazole rings is 1. The SMILES string of the molecule is O=C1CCC(c2cccc(N3CCC(CN4CCN(Cc5ccc6c(c5)nc(NC(=O)c5cccc(C(F)(F)F)c5)n6C5CCC(CO)CC5)CC4)CC3)c2)C(=O)N1. The second-order valence-corrected chi connectivity index (χ2v) is 16.6. The molecule has 1 saturated carbocycles. The summed E-state index contributed by atoms with van der Waals surface area (Å²) in [6.45, 7) is 7.82. The van der Waals surface area contributed by atoms with Crippen LogP contribution in [0, 0.1) is 11.8 Å². The molecule has 3 saturated heterocycles. The molecule has 308 valence electrons. The van der Waals surface area contributed by atoms with Crippen molar-refractivity contribution in [2.45, 2.75) is 76.0 Å². The lowest BCUT2D eigenvalue weighted by atomic mass is 9.86. The van der Waals surface area contributed by atoms with Gasteiger partial charge in [0.1, 0.15) is 0 Å². The zero-order valence-corrected chi connectivity index (χ0v) is 32.7. The third-order valence-electron chi connectivity index (χ3n) is 12.7. The van der Waals surface area contributed by atoms with Gasteiger partial charge in [-0.05, 0) is 110 Å². The fourth-order valence-corrected chi connectivity index (χ4v) is 9.37. The van der Waals surface area contributed by atoms with Gasteiger partial charge in [0, 0.05) is 82.7 Å². The number of aliphatic hydroxyl groups is 1. The van der Waals surface area contributed by atoms with Gasteiger partial charge in [-0.2, -0.15) is 13.2 Å². The largest absolute Gasteiger partial charge is 0.416 e. The summed E-state index contributed by atoms with van der Waals surface area (Å²) in [5.74, 6) is -0.140. The monoisotopic (exact) mass is 799 g/mol. The molecule has 3 aromatic carbocycles. The number of carbonyl (C=O) groups is 3. The molecular weight excluding hydrogens is 748 g/mol. The van der Waals surface area contributed by atoms with Crippen LogP contribution in [0.1, 0.15) is 90.4 Å². The maximum absolute atomic E-state index is 13.4. The zero-order valence-electron chi connectivity index (χ0n) is 32.7. The fraction of sp³-hybridized carbons (Fsp3) is 0.500. The van der Waals surface area contributed by atoms with E-state index in [0.29, 0.717) is 24.7 Å². The number of fused-ring (bicyclic) bond motifs is 1. The average molecular weight is 800 g/mol. The number of aromatic nitrogens is 2. The molecule has 4 aromatic rings. The standard InChI is InChI=1S/C44H52F3N7O4/c45-44(46,47)34-5-1-4-33(24-34)41(57)50-43-48-38-23-31(9-13-39(38)54(43)35-10-7-30(28-55)8-11-35)27-52-21-19-51(20-22-52)26-29-15-17-53(18-16-29)36-6-2-3-32(25-36)37-12-14-40(56)49-42(37)58/h1-6,9,13,23-25,29-30,35,37,55H,7-8,10-12,14-22,26-28H2,(H,48,50,57)(H,49,56,58). The van der Waals surface area contributed by atoms with E-state index in [1.807, 2.05) is 22.8 Å². The fourth-order valence-electron chi connectivity index (χ4n) is 9.37. The number of piperidine rings is 2. The normalized spacial score (nSPS) is 23.0. The summed E-state index contributed by atoms with van der Waals surface area (Å²) in [4.78, 5) is 49.7. The van der Waals surface area contributed by atoms with Crippen molar-refractivity contribution in [3.63, 3.8) is 0 Å². The Bertz CT molecular complexity index is 2120. The van der Waals surface area contributed by atoms with Crippen LogP contribution in [0.5, 0.6) is 0 Å². The third kappa shape index (κ3) is 9.08. The Morgan fingerprint density at radius 2 is 1.57 bits per heavy atom. The zero-order chi connectivity index (χ0) is 40.4. The van der Waals surface area contributed by atoms with Crippen molar-refractivity contribution >= 4 is 40.4 Å². The molecule has 4 fully saturated rings. The third-order valence-corrected chi connectivity index (χ3v) is 12.7. The van der Waals surface area contributed by atoms with Crippen molar-refractivity contribution in [1.82, 2.24) is 24.7 Å². The van der Waals surface area contributed by atoms with Crippen molar-refractivity contribution < 1.29 is 32.7 Å². The average Bonchev–Trinajstić information content (AvgIpc) is 3.58. The second kappa shape index (κ2) is 17.2. The minimum absolute atomic E-state index is 0.0342. The predicted molar refractivity (Wildman–Crippen MR) is 215 cm³/mol. The van der Waals surface area contributed by atoms with E-state index in [9.17, 15) is 32.7 Å². The van der Waals surface area contributed by atoms with Gasteiger partial charge in [-0.25, -0.2) is 4.98 Å². The molecule has 3 N–H and O–H groups in total. The number of aliphatic hydroxyl groups excluding tert-OH is 1. The number of piperazine rings is 1. The Hall–Kier alpha value is -4.79. The Morgan fingerprint density at radius 1 is 0.828 bits per heavy atom. The van der Waals surface area contributed by atoms with Crippen LogP contribution < -0.4 is 15.5 Å². The van der Waals surface area contributed by atoms with Gasteiger partial charge in [-0.3, -0.25) is 29.9 Å². The lowest BCUT2D eigenvalue weighted by Crippen LogP contribution is -2.48. The first-order valence-corrected chi connectivity index (χ1v) is 20.7. The molecule has 8 rings (SSSR count). The molecule has 3 amide bonds. The Morgan fingerprint density at radius 3 is 2.29 bits per heavy atom. The Labute approximate surface area is 336 Å². The molecule has 14 heteroatoms. The number of rotatable bonds is 10. The van der Waals surface area contributed by atoms with Gasteiger partial charge in [0.05, 0.1) is 22.5 Å². The highest BCUT2D eigenvalue weighted by Crippen LogP contribution is 2.38. The molecule has 1 aliphatic carbocycles. The van der Waals surface area contributed by atoms with E-state index in [0.717, 1.165) is 131 Å². The molecule has 1 atom stereocenters. The highest BCUT2D eigenvalue weighted by atomic mass is 19.4. The summed E-state index contributed by atoms with van der Waals surface area (Å²) in [5.41, 5.74) is 3.86. The molecular formula is C44H52F3N7O4. The summed E-state index contributed by atoms with van der Waals surface area (Å²) >= 11 is 0. The van der Waals surface area contributed by atoms with Gasteiger partial charge >= 0.3 is 6.18 Å². The molecule has 1 unspecified atom stereocenters. The number of nitrogens with one attached hydrogen (secondary N) is 2. The maximum Gasteiger partial charge on any atom is 0.416 e. The highest BCUT2D eigenvalue weighted by molar-refractivity contribution is 6.04. The number of hydrogen-bond acceptors (Lipinski definition) is 8. The molecule has 0 spiro atoms. The summed E-state index contributed by atoms with van der Waals surface area (Å²) in [7, 11) is 0. The van der Waals surface area contributed by atoms with Crippen molar-refractivity contribution in [3.05, 3.63) is 89.0 Å². The molecule has 0 radical (unpaired) electrons. The lowest BCUT2D eigenvalue weighted by Gasteiger charge is -2.39. The minimum Gasteiger partial charge on any atom is -0.396 e. The quantitative estimate of drug-likeness (QED) is 0.154. The topological polar surface area (TPSA) is 123 Å². The van der Waals surface area contributed by atoms with Crippen LogP contribution in [-0.2, 0) is 22.3 Å². The molecule has 1 aromatic heterocycles. The second-order valence-electron chi connectivity index (χ2n) is 16.6. The number of anilines is 2. The molecule has 4 aliphatic rings. The number of nitrogens with zero attached hydrogens (tertiary/aromatic N) is 5. The van der Waals surface area contributed by atoms with Crippen LogP contribution >= 0.6 is 0 Å². The van der Waals surface area contributed by atoms with Crippen LogP contribution in [0.15, 0.2) is 66.7 Å². The van der Waals surface area contributed by atoms with Crippen LogP contribution in [0.3, 0.4) is 0 Å². The number of hydrogen-bond donors (Lipinski definition) is 3. The van der Waals surface area contributed by atoms with Crippen molar-refractivity contribution in [1.29, 1.82) is 0 Å². The van der Waals surface area contributed by atoms with Crippen LogP contribution in [0.25, 0.3) is 11.0 Å². The maximum atomic E-state index is 13.4. The molecule has 4 heterocycles. The summed E-state index contributed by atoms with van der Waals surface area (Å²) in [6, 6.07) is 18.9. The number of amides is 3. The first kappa shape index (κ1) is 40.0. The van der Waals surface area contributed by atoms with E-state index in [-0.39, 0.29) is 41.9 Å². The number of imide groups is 1. The van der Waals surface area contributed by atoms with Gasteiger partial charge < -0.3 is 19.5 Å². The number of alkyl halides is 3. The summed E-state index contributed by atoms with van der Waals surface area (Å²) in [5, 5.41) is 15.0. The van der Waals surface area contributed by atoms with E-state index in [2.05, 4.69) is 49.6 Å². The number of halogens is 3. The van der Waals surface area contributed by atoms with E-state index in [1.54, 1.807) is 0 Å². The van der Waals surface area contributed by atoms with E-state index in [4.69, 9.17) is 4.98 Å². The highest BCUT2D eigenvalue weighted by Gasteiger charge is 2.33. The van der Waals surface area contributed by atoms with Gasteiger partial charge in [-0.15, -0.1) is 0 Å². The number of benzene rings is 3. The molecule has 3 aliphatic heterocycles. The Kier molecular flexibility index (Phi) is 11.9. The van der Waals surface area contributed by atoms with Gasteiger partial charge in [-0.1, -0.05) is 24.3 Å². The van der Waals surface area contributed by atoms with Crippen LogP contribution in [0.2, 0.25) is 0 Å². The van der Waals surface area contributed by atoms with Crippen molar-refractivity contribution in [3.8, 4) is 0 Å². The first-order valence-electron chi connectivity index (χ1n) is 20.7. The van der Waals surface area contributed by atoms with Crippen LogP contribution in [0.4, 0.5) is 24.8 Å². The van der Waals surface area contributed by atoms with E-state index < -0.39 is 17.6 Å². The molecule has 58 heavy (non-hydrogen) atoms. The lowest BCUT2D eigenvalue weighted by molar-refractivity contribution is -0.138. The summed E-state index contributed by atoms with van der Waals surface area (Å²) < 4.78 is 42.3. The summed E-state index contributed by atoms with van der Waals surface area (Å²) in [6.07, 6.45) is 1.87. The Balaban J connectivity index is 0.867. The van der Waals surface area contributed by atoms with Gasteiger partial charge in [0.25, 0.3) is 5.91 Å². The molecule has 0 bridgehead atoms. The number of carbonyl (C=O) groups excluding carboxylic acids is 3.